The van der Waals surface area contributed by atoms with E-state index in [2.05, 4.69) is 13.8 Å². The summed E-state index contributed by atoms with van der Waals surface area (Å²) in [5.74, 6) is 0.946. The molecular weight excluding hydrogens is 91.0 g/mol. The van der Waals surface area contributed by atoms with Gasteiger partial charge in [0.1, 0.15) is 0 Å². The molecule has 0 amide bonds. The predicted molar refractivity (Wildman–Crippen MR) is 31.8 cm³/mol. The average molecular weight is 104 g/mol. The number of hydrogen-bond donors (Lipinski definition) is 0. The Morgan fingerprint density at radius 3 is 1.67 bits per heavy atom. The highest BCUT2D eigenvalue weighted by atomic mass is 27.0. The van der Waals surface area contributed by atoms with Gasteiger partial charge in [-0.25, -0.2) is 0 Å². The maximum atomic E-state index is 2.26. The van der Waals surface area contributed by atoms with Crippen molar-refractivity contribution in [3.05, 3.63) is 0 Å². The molecule has 0 fully saturated rings. The molecule has 0 radical (unpaired) electrons. The van der Waals surface area contributed by atoms with E-state index < -0.39 is 0 Å². The van der Waals surface area contributed by atoms with Gasteiger partial charge in [0.25, 0.3) is 0 Å². The first-order valence-corrected chi connectivity index (χ1v) is 3.68. The zero-order valence-electron chi connectivity index (χ0n) is 4.78. The lowest BCUT2D eigenvalue weighted by Crippen LogP contribution is -1.80. The van der Waals surface area contributed by atoms with Crippen molar-refractivity contribution in [2.24, 2.45) is 5.92 Å². The third-order valence-corrected chi connectivity index (χ3v) is 2.45. The van der Waals surface area contributed by atoms with Crippen molar-refractivity contribution in [3.63, 3.8) is 0 Å². The molecule has 38 valence electrons. The molecule has 0 heterocycles. The van der Waals surface area contributed by atoms with Crippen LogP contribution in [-0.2, 0) is 0 Å². The summed E-state index contributed by atoms with van der Waals surface area (Å²) >= 11 is 1.37. The maximum absolute atomic E-state index is 2.26. The molecule has 0 rings (SSSR count). The Kier molecular flexibility index (Phi) is 8.88. The van der Waals surface area contributed by atoms with E-state index in [4.69, 9.17) is 0 Å². The van der Waals surface area contributed by atoms with Gasteiger partial charge in [-0.15, -0.1) is 0 Å². The highest BCUT2D eigenvalue weighted by Gasteiger charge is 1.80. The number of rotatable bonds is 1. The van der Waals surface area contributed by atoms with Gasteiger partial charge in [-0.2, -0.15) is 0 Å². The monoisotopic (exact) mass is 104 g/mol. The van der Waals surface area contributed by atoms with E-state index in [-0.39, 0.29) is 5.48 Å². The quantitative estimate of drug-likeness (QED) is 0.415. The van der Waals surface area contributed by atoms with Crippen LogP contribution in [0.1, 0.15) is 13.8 Å². The van der Waals surface area contributed by atoms with Crippen LogP contribution in [0.25, 0.3) is 0 Å². The Balaban J connectivity index is 0. The molecule has 2 heteroatoms. The summed E-state index contributed by atoms with van der Waals surface area (Å²) in [6, 6.07) is 0. The van der Waals surface area contributed by atoms with E-state index in [1.54, 1.807) is 0 Å². The van der Waals surface area contributed by atoms with Gasteiger partial charge >= 0.3 is 0 Å². The molecule has 0 aliphatic rings. The molecule has 1 nitrogen and oxygen atoms in total. The van der Waals surface area contributed by atoms with Gasteiger partial charge in [0.2, 0.25) is 16.3 Å². The van der Waals surface area contributed by atoms with Crippen LogP contribution < -0.4 is 0 Å². The second-order valence-electron chi connectivity index (χ2n) is 1.80. The highest BCUT2D eigenvalue weighted by molar-refractivity contribution is 6.08. The van der Waals surface area contributed by atoms with E-state index in [0.717, 1.165) is 5.92 Å². The van der Waals surface area contributed by atoms with Crippen molar-refractivity contribution in [1.29, 1.82) is 0 Å². The molecule has 0 saturated heterocycles. The van der Waals surface area contributed by atoms with E-state index in [1.165, 1.54) is 21.6 Å². The fraction of sp³-hybridized carbons (Fsp3) is 1.00. The van der Waals surface area contributed by atoms with Crippen molar-refractivity contribution in [3.8, 4) is 0 Å². The first-order valence-electron chi connectivity index (χ1n) is 2.27. The van der Waals surface area contributed by atoms with Crippen molar-refractivity contribution in [1.82, 2.24) is 0 Å². The Morgan fingerprint density at radius 2 is 1.67 bits per heavy atom. The summed E-state index contributed by atoms with van der Waals surface area (Å²) in [4.78, 5) is 0. The van der Waals surface area contributed by atoms with E-state index in [0.29, 0.717) is 0 Å². The molecular formula is C4H13AlO. The SMILES string of the molecule is CC(C)[CH2][AlH2].O. The lowest BCUT2D eigenvalue weighted by Gasteiger charge is -1.90. The van der Waals surface area contributed by atoms with Gasteiger partial charge in [0.15, 0.2) is 0 Å². The second kappa shape index (κ2) is 5.49. The third kappa shape index (κ3) is 8.82. The van der Waals surface area contributed by atoms with Crippen molar-refractivity contribution < 1.29 is 5.48 Å². The predicted octanol–water partition coefficient (Wildman–Crippen LogP) is -0.131. The summed E-state index contributed by atoms with van der Waals surface area (Å²) in [6.45, 7) is 4.51. The standard InChI is InChI=1S/C4H9.Al.H2O.2H/c1-4(2)3;;;;/h4H,1H2,2-3H3;;1H2;;. The van der Waals surface area contributed by atoms with Crippen LogP contribution in [0.3, 0.4) is 0 Å². The first kappa shape index (κ1) is 9.70. The van der Waals surface area contributed by atoms with Crippen LogP contribution in [0.2, 0.25) is 5.28 Å². The van der Waals surface area contributed by atoms with Crippen LogP contribution in [-0.4, -0.2) is 21.8 Å². The maximum Gasteiger partial charge on any atom is 0.212 e. The molecule has 0 bridgehead atoms. The van der Waals surface area contributed by atoms with Crippen molar-refractivity contribution in [2.45, 2.75) is 19.1 Å². The summed E-state index contributed by atoms with van der Waals surface area (Å²) in [5.41, 5.74) is 0. The Bertz CT molecular complexity index is 21.5. The Morgan fingerprint density at radius 1 is 1.50 bits per heavy atom. The average Bonchev–Trinajstić information content (AvgIpc) is 1.38. The number of hydrogen-bond acceptors (Lipinski definition) is 0. The topological polar surface area (TPSA) is 31.5 Å². The van der Waals surface area contributed by atoms with Crippen LogP contribution in [0.5, 0.6) is 0 Å². The summed E-state index contributed by atoms with van der Waals surface area (Å²) in [5, 5.41) is 1.44. The molecule has 0 spiro atoms. The highest BCUT2D eigenvalue weighted by Crippen LogP contribution is 1.92. The first-order chi connectivity index (χ1) is 2.27. The molecule has 0 aliphatic heterocycles. The fourth-order valence-electron chi connectivity index (χ4n) is 0. The van der Waals surface area contributed by atoms with Crippen LogP contribution >= 0.6 is 0 Å². The zero-order valence-corrected chi connectivity index (χ0v) is 6.78. The lowest BCUT2D eigenvalue weighted by atomic mass is 10.3. The van der Waals surface area contributed by atoms with Crippen molar-refractivity contribution in [2.75, 3.05) is 0 Å². The van der Waals surface area contributed by atoms with Crippen LogP contribution in [0.4, 0.5) is 0 Å². The van der Waals surface area contributed by atoms with Gasteiger partial charge in [0, 0.05) is 0 Å². The van der Waals surface area contributed by atoms with Crippen LogP contribution in [0, 0.1) is 5.92 Å². The Labute approximate surface area is 47.5 Å². The van der Waals surface area contributed by atoms with E-state index in [1.807, 2.05) is 0 Å². The molecule has 0 unspecified atom stereocenters. The Hall–Kier alpha value is 0.492. The summed E-state index contributed by atoms with van der Waals surface area (Å²) in [7, 11) is 0. The molecule has 0 aromatic heterocycles. The van der Waals surface area contributed by atoms with Crippen LogP contribution in [0.15, 0.2) is 0 Å². The van der Waals surface area contributed by atoms with Crippen molar-refractivity contribution >= 4 is 16.3 Å². The summed E-state index contributed by atoms with van der Waals surface area (Å²) in [6.07, 6.45) is 0. The molecule has 0 atom stereocenters. The normalized spacial score (nSPS) is 7.83. The molecule has 0 aliphatic carbocycles. The van der Waals surface area contributed by atoms with E-state index in [9.17, 15) is 0 Å². The van der Waals surface area contributed by atoms with Gasteiger partial charge in [-0.3, -0.25) is 0 Å². The largest absolute Gasteiger partial charge is 0.412 e. The lowest BCUT2D eigenvalue weighted by molar-refractivity contribution is 0.735. The molecule has 6 heavy (non-hydrogen) atoms. The fourth-order valence-corrected chi connectivity index (χ4v) is 0. The van der Waals surface area contributed by atoms with Gasteiger partial charge in [0.05, 0.1) is 0 Å². The van der Waals surface area contributed by atoms with Gasteiger partial charge in [-0.1, -0.05) is 25.0 Å². The molecule has 0 aromatic rings. The zero-order chi connectivity index (χ0) is 4.28. The molecule has 0 aromatic carbocycles. The summed E-state index contributed by atoms with van der Waals surface area (Å²) < 4.78 is 0. The minimum atomic E-state index is 0. The second-order valence-corrected chi connectivity index (χ2v) is 2.62. The third-order valence-electron chi connectivity index (χ3n) is 0.816. The van der Waals surface area contributed by atoms with Gasteiger partial charge < -0.3 is 5.48 Å². The molecule has 0 saturated carbocycles. The van der Waals surface area contributed by atoms with E-state index >= 15 is 0 Å². The smallest absolute Gasteiger partial charge is 0.212 e. The minimum absolute atomic E-state index is 0. The van der Waals surface area contributed by atoms with Gasteiger partial charge in [-0.05, 0) is 0 Å². The minimum Gasteiger partial charge on any atom is -0.412 e. The molecule has 2 N–H and O–H groups in total.